The third kappa shape index (κ3) is 7.94. The molecule has 4 fully saturated rings. The van der Waals surface area contributed by atoms with Gasteiger partial charge in [-0.05, 0) is 93.2 Å². The minimum atomic E-state index is -2.17. The van der Waals surface area contributed by atoms with E-state index in [4.69, 9.17) is 38.6 Å². The third-order valence-electron chi connectivity index (χ3n) is 14.8. The van der Waals surface area contributed by atoms with Crippen LogP contribution >= 0.6 is 0 Å². The lowest BCUT2D eigenvalue weighted by molar-refractivity contribution is 0.00537. The minimum absolute atomic E-state index is 0.00564. The number of carbonyl (C=O) groups excluding carboxylic acids is 1. The van der Waals surface area contributed by atoms with Crippen LogP contribution in [0, 0.1) is 17.3 Å². The molecule has 0 unspecified atom stereocenters. The van der Waals surface area contributed by atoms with Gasteiger partial charge in [-0.3, -0.25) is 9.80 Å². The summed E-state index contributed by atoms with van der Waals surface area (Å²) in [5.41, 5.74) is 5.18. The number of alkyl halides is 1. The molecule has 12 nitrogen and oxygen atoms in total. The SMILES string of the molecule is COCOc1cc(-c2nc3c4c(nc(OC[C@]56CCCN5C[C@@H](F)C6)nc4c2F)N2C[C@@H]4CC[C@H]([C@@H]2CO3)N4C(=O)OC(C)(C)C)c2c(C#C[Si](C(C)C)(C(C)C)C(C)C)cccc2c1. The summed E-state index contributed by atoms with van der Waals surface area (Å²) in [6.07, 6.45) is 2.29. The summed E-state index contributed by atoms with van der Waals surface area (Å²) < 4.78 is 63.6. The van der Waals surface area contributed by atoms with Gasteiger partial charge in [0.1, 0.15) is 61.2 Å². The van der Waals surface area contributed by atoms with Crippen LogP contribution in [0.3, 0.4) is 0 Å². The first kappa shape index (κ1) is 45.4. The van der Waals surface area contributed by atoms with Gasteiger partial charge in [-0.15, -0.1) is 5.54 Å². The van der Waals surface area contributed by atoms with Gasteiger partial charge in [0.05, 0.1) is 23.7 Å². The number of ether oxygens (including phenoxy) is 5. The maximum atomic E-state index is 18.1. The highest BCUT2D eigenvalue weighted by atomic mass is 28.3. The standard InChI is InChI=1S/C50H64F2N6O6Si/c1-29(2)65(30(3)4,31(5)6)20-17-32-13-11-14-33-21-36(63-28-60-10)22-37(40(32)33)43-42(52)44-41-45(55-47(54-44)62-27-50-18-12-19-56(50)24-34(51)23-50)57-25-35-15-16-38(39(57)26-61-46(41)53-43)58(35)48(59)64-49(7,8)9/h11,13-14,21-22,29-31,34-35,38-39H,12,15-16,18-19,23-28H2,1-10H3/t34-,35-,38+,39-,50+/m0/s1. The molecule has 4 saturated heterocycles. The van der Waals surface area contributed by atoms with Crippen LogP contribution in [0.4, 0.5) is 19.4 Å². The highest BCUT2D eigenvalue weighted by Gasteiger charge is 2.53. The Morgan fingerprint density at radius 3 is 2.49 bits per heavy atom. The molecule has 2 aromatic heterocycles. The first-order valence-corrected chi connectivity index (χ1v) is 25.7. The van der Waals surface area contributed by atoms with Gasteiger partial charge in [-0.2, -0.15) is 9.97 Å². The number of fused-ring (bicyclic) bond motifs is 7. The van der Waals surface area contributed by atoms with E-state index in [1.54, 1.807) is 13.2 Å². The first-order chi connectivity index (χ1) is 30.9. The van der Waals surface area contributed by atoms with Crippen molar-refractivity contribution in [1.29, 1.82) is 0 Å². The Balaban J connectivity index is 1.23. The zero-order chi connectivity index (χ0) is 46.2. The number of amides is 1. The molecule has 2 aromatic carbocycles. The number of benzene rings is 2. The molecule has 1 amide bonds. The average molecular weight is 911 g/mol. The Kier molecular flexibility index (Phi) is 12.0. The molecule has 15 heteroatoms. The summed E-state index contributed by atoms with van der Waals surface area (Å²) in [5.74, 6) is 4.05. The lowest BCUT2D eigenvalue weighted by atomic mass is 9.95. The van der Waals surface area contributed by atoms with Gasteiger partial charge in [-0.25, -0.2) is 18.6 Å². The predicted octanol–water partition coefficient (Wildman–Crippen LogP) is 9.84. The van der Waals surface area contributed by atoms with Gasteiger partial charge in [0.25, 0.3) is 0 Å². The van der Waals surface area contributed by atoms with Crippen LogP contribution in [0.25, 0.3) is 32.9 Å². The summed E-state index contributed by atoms with van der Waals surface area (Å²) in [7, 11) is -0.624. The molecule has 2 bridgehead atoms. The number of anilines is 1. The van der Waals surface area contributed by atoms with Gasteiger partial charge in [0, 0.05) is 43.1 Å². The Labute approximate surface area is 382 Å². The van der Waals surface area contributed by atoms with Crippen molar-refractivity contribution in [3.8, 4) is 40.4 Å². The molecule has 348 valence electrons. The van der Waals surface area contributed by atoms with E-state index < -0.39 is 31.2 Å². The molecule has 0 saturated carbocycles. The lowest BCUT2D eigenvalue weighted by Crippen LogP contribution is -2.63. The van der Waals surface area contributed by atoms with Gasteiger partial charge in [0.15, 0.2) is 12.6 Å². The van der Waals surface area contributed by atoms with Crippen LogP contribution < -0.4 is 19.1 Å². The molecular weight excluding hydrogens is 847 g/mol. The largest absolute Gasteiger partial charge is 0.475 e. The van der Waals surface area contributed by atoms with Crippen LogP contribution in [0.5, 0.6) is 17.6 Å². The number of hydrogen-bond donors (Lipinski definition) is 0. The molecular formula is C50H64F2N6O6Si. The number of hydrogen-bond acceptors (Lipinski definition) is 11. The smallest absolute Gasteiger partial charge is 0.410 e. The molecule has 5 aliphatic rings. The molecule has 0 spiro atoms. The van der Waals surface area contributed by atoms with Gasteiger partial charge >= 0.3 is 12.1 Å². The van der Waals surface area contributed by atoms with E-state index in [0.29, 0.717) is 58.7 Å². The molecule has 0 aliphatic carbocycles. The van der Waals surface area contributed by atoms with Crippen molar-refractivity contribution in [2.75, 3.05) is 51.7 Å². The van der Waals surface area contributed by atoms with Gasteiger partial charge < -0.3 is 28.6 Å². The van der Waals surface area contributed by atoms with E-state index in [0.717, 1.165) is 48.6 Å². The number of pyridine rings is 1. The van der Waals surface area contributed by atoms with E-state index in [1.807, 2.05) is 49.9 Å². The summed E-state index contributed by atoms with van der Waals surface area (Å²) >= 11 is 0. The first-order valence-electron chi connectivity index (χ1n) is 23.5. The molecule has 7 heterocycles. The van der Waals surface area contributed by atoms with Gasteiger partial charge in [-0.1, -0.05) is 59.6 Å². The van der Waals surface area contributed by atoms with Crippen LogP contribution in [-0.2, 0) is 9.47 Å². The van der Waals surface area contributed by atoms with E-state index in [-0.39, 0.29) is 67.3 Å². The van der Waals surface area contributed by atoms with Crippen molar-refractivity contribution in [3.63, 3.8) is 0 Å². The van der Waals surface area contributed by atoms with Crippen LogP contribution in [0.2, 0.25) is 16.6 Å². The van der Waals surface area contributed by atoms with Gasteiger partial charge in [0.2, 0.25) is 5.88 Å². The van der Waals surface area contributed by atoms with Crippen molar-refractivity contribution in [1.82, 2.24) is 24.8 Å². The number of nitrogens with zero attached hydrogens (tertiary/aromatic N) is 6. The van der Waals surface area contributed by atoms with E-state index in [2.05, 4.69) is 62.8 Å². The van der Waals surface area contributed by atoms with Crippen molar-refractivity contribution in [2.45, 2.75) is 146 Å². The Morgan fingerprint density at radius 2 is 1.77 bits per heavy atom. The third-order valence-corrected chi connectivity index (χ3v) is 21.1. The second kappa shape index (κ2) is 17.1. The zero-order valence-corrected chi connectivity index (χ0v) is 40.6. The maximum absolute atomic E-state index is 18.1. The van der Waals surface area contributed by atoms with Crippen LogP contribution in [0.1, 0.15) is 100.0 Å². The fraction of sp³-hybridized carbons (Fsp3) is 0.600. The van der Waals surface area contributed by atoms with Crippen molar-refractivity contribution in [2.24, 2.45) is 0 Å². The molecule has 5 aliphatic heterocycles. The molecule has 9 rings (SSSR count). The lowest BCUT2D eigenvalue weighted by Gasteiger charge is -2.46. The number of carbonyl (C=O) groups is 1. The average Bonchev–Trinajstić information content (AvgIpc) is 3.85. The Morgan fingerprint density at radius 1 is 1.00 bits per heavy atom. The molecule has 65 heavy (non-hydrogen) atoms. The summed E-state index contributed by atoms with van der Waals surface area (Å²) in [6, 6.07) is 8.82. The fourth-order valence-electron chi connectivity index (χ4n) is 12.1. The number of methoxy groups -OCH3 is 1. The number of halogens is 2. The summed E-state index contributed by atoms with van der Waals surface area (Å²) in [6.45, 7) is 21.2. The van der Waals surface area contributed by atoms with Crippen molar-refractivity contribution >= 4 is 41.7 Å². The van der Waals surface area contributed by atoms with E-state index >= 15 is 4.39 Å². The van der Waals surface area contributed by atoms with E-state index in [9.17, 15) is 9.18 Å². The molecule has 0 radical (unpaired) electrons. The second-order valence-corrected chi connectivity index (χ2v) is 26.4. The second-order valence-electron chi connectivity index (χ2n) is 20.8. The minimum Gasteiger partial charge on any atom is -0.475 e. The topological polar surface area (TPSA) is 112 Å². The Bertz CT molecular complexity index is 2540. The predicted molar refractivity (Wildman–Crippen MR) is 251 cm³/mol. The number of piperazine rings is 1. The normalized spacial score (nSPS) is 24.0. The Hall–Kier alpha value is -4.78. The summed E-state index contributed by atoms with van der Waals surface area (Å²) in [4.78, 5) is 34.9. The zero-order valence-electron chi connectivity index (χ0n) is 39.6. The van der Waals surface area contributed by atoms with Crippen molar-refractivity contribution in [3.05, 3.63) is 41.7 Å². The number of aromatic nitrogens is 3. The van der Waals surface area contributed by atoms with Crippen LogP contribution in [-0.4, -0.2) is 121 Å². The van der Waals surface area contributed by atoms with Crippen molar-refractivity contribution < 1.29 is 37.3 Å². The summed E-state index contributed by atoms with van der Waals surface area (Å²) in [5, 5.41) is 1.85. The number of rotatable bonds is 10. The maximum Gasteiger partial charge on any atom is 0.410 e. The van der Waals surface area contributed by atoms with Crippen LogP contribution in [0.15, 0.2) is 30.3 Å². The molecule has 4 aromatic rings. The monoisotopic (exact) mass is 910 g/mol. The quantitative estimate of drug-likeness (QED) is 0.0862. The highest BCUT2D eigenvalue weighted by Crippen LogP contribution is 2.48. The molecule has 0 N–H and O–H groups in total. The highest BCUT2D eigenvalue weighted by molar-refractivity contribution is 6.90. The van der Waals surface area contributed by atoms with E-state index in [1.165, 1.54) is 0 Å². The fourth-order valence-corrected chi connectivity index (χ4v) is 17.3. The molecule has 5 atom stereocenters.